The van der Waals surface area contributed by atoms with Crippen LogP contribution in [0.2, 0.25) is 0 Å². The summed E-state index contributed by atoms with van der Waals surface area (Å²) in [7, 11) is 1.67. The normalized spacial score (nSPS) is 12.2. The fourth-order valence-corrected chi connectivity index (χ4v) is 2.01. The third-order valence-electron chi connectivity index (χ3n) is 3.04. The lowest BCUT2D eigenvalue weighted by Crippen LogP contribution is -2.15. The van der Waals surface area contributed by atoms with Crippen LogP contribution in [0.1, 0.15) is 28.4 Å². The largest absolute Gasteiger partial charge is 0.496 e. The predicted molar refractivity (Wildman–Crippen MR) is 70.5 cm³/mol. The summed E-state index contributed by atoms with van der Waals surface area (Å²) in [5, 5.41) is 0. The van der Waals surface area contributed by atoms with E-state index in [9.17, 15) is 0 Å². The summed E-state index contributed by atoms with van der Waals surface area (Å²) in [4.78, 5) is 8.10. The summed E-state index contributed by atoms with van der Waals surface area (Å²) in [6.45, 7) is 4.03. The number of methoxy groups -OCH3 is 1. The lowest BCUT2D eigenvalue weighted by Gasteiger charge is -2.16. The van der Waals surface area contributed by atoms with E-state index < -0.39 is 0 Å². The quantitative estimate of drug-likeness (QED) is 0.897. The van der Waals surface area contributed by atoms with Gasteiger partial charge < -0.3 is 10.5 Å². The monoisotopic (exact) mass is 243 g/mol. The van der Waals surface area contributed by atoms with E-state index >= 15 is 0 Å². The minimum Gasteiger partial charge on any atom is -0.496 e. The summed E-state index contributed by atoms with van der Waals surface area (Å²) in [5.74, 6) is 0.881. The lowest BCUT2D eigenvalue weighted by atomic mass is 9.96. The molecule has 0 aliphatic rings. The third kappa shape index (κ3) is 2.33. The average Bonchev–Trinajstić information content (AvgIpc) is 2.41. The van der Waals surface area contributed by atoms with Gasteiger partial charge in [0.2, 0.25) is 0 Å². The van der Waals surface area contributed by atoms with E-state index in [4.69, 9.17) is 10.5 Å². The average molecular weight is 243 g/mol. The van der Waals surface area contributed by atoms with E-state index in [1.54, 1.807) is 13.3 Å². The second-order valence-electron chi connectivity index (χ2n) is 4.29. The van der Waals surface area contributed by atoms with Gasteiger partial charge in [0.05, 0.1) is 18.8 Å². The van der Waals surface area contributed by atoms with Gasteiger partial charge in [-0.15, -0.1) is 0 Å². The van der Waals surface area contributed by atoms with Crippen LogP contribution in [0.15, 0.2) is 30.7 Å². The molecule has 1 heterocycles. The molecule has 18 heavy (non-hydrogen) atoms. The van der Waals surface area contributed by atoms with Gasteiger partial charge in [-0.3, -0.25) is 0 Å². The highest BCUT2D eigenvalue weighted by Gasteiger charge is 2.14. The van der Waals surface area contributed by atoms with Crippen molar-refractivity contribution in [3.63, 3.8) is 0 Å². The van der Waals surface area contributed by atoms with Gasteiger partial charge in [-0.1, -0.05) is 6.07 Å². The Balaban J connectivity index is 2.43. The van der Waals surface area contributed by atoms with Crippen LogP contribution in [0.25, 0.3) is 0 Å². The van der Waals surface area contributed by atoms with Gasteiger partial charge in [-0.25, -0.2) is 9.97 Å². The number of ether oxygens (including phenoxy) is 1. The van der Waals surface area contributed by atoms with Crippen molar-refractivity contribution in [3.8, 4) is 5.75 Å². The van der Waals surface area contributed by atoms with Gasteiger partial charge in [-0.2, -0.15) is 0 Å². The van der Waals surface area contributed by atoms with Crippen LogP contribution >= 0.6 is 0 Å². The number of nitrogens with zero attached hydrogens (tertiary/aromatic N) is 2. The first-order chi connectivity index (χ1) is 8.63. The Bertz CT molecular complexity index is 540. The zero-order chi connectivity index (χ0) is 13.1. The summed E-state index contributed by atoms with van der Waals surface area (Å²) in [6.07, 6.45) is 3.22. The summed E-state index contributed by atoms with van der Waals surface area (Å²) in [6, 6.07) is 5.66. The Morgan fingerprint density at radius 3 is 2.61 bits per heavy atom. The van der Waals surface area contributed by atoms with E-state index in [0.29, 0.717) is 0 Å². The molecule has 0 aliphatic heterocycles. The molecular formula is C14H17N3O. The Morgan fingerprint density at radius 1 is 1.22 bits per heavy atom. The molecule has 2 rings (SSSR count). The summed E-state index contributed by atoms with van der Waals surface area (Å²) in [5.41, 5.74) is 10.3. The van der Waals surface area contributed by atoms with Gasteiger partial charge in [0.15, 0.2) is 0 Å². The van der Waals surface area contributed by atoms with Crippen molar-refractivity contribution in [2.45, 2.75) is 19.9 Å². The van der Waals surface area contributed by atoms with Crippen LogP contribution in [0.5, 0.6) is 5.75 Å². The molecule has 2 N–H and O–H groups in total. The highest BCUT2D eigenvalue weighted by atomic mass is 16.5. The molecule has 0 spiro atoms. The van der Waals surface area contributed by atoms with Crippen LogP contribution in [0.3, 0.4) is 0 Å². The molecule has 0 saturated carbocycles. The number of hydrogen-bond acceptors (Lipinski definition) is 4. The molecule has 2 aromatic rings. The molecular weight excluding hydrogens is 226 g/mol. The zero-order valence-corrected chi connectivity index (χ0v) is 10.8. The van der Waals surface area contributed by atoms with Crippen molar-refractivity contribution < 1.29 is 4.74 Å². The minimum atomic E-state index is -0.238. The maximum atomic E-state index is 6.25. The Morgan fingerprint density at radius 2 is 2.00 bits per heavy atom. The maximum absolute atomic E-state index is 6.25. The molecule has 1 aromatic carbocycles. The minimum absolute atomic E-state index is 0.238. The molecule has 1 unspecified atom stereocenters. The molecule has 1 atom stereocenters. The second-order valence-corrected chi connectivity index (χ2v) is 4.29. The van der Waals surface area contributed by atoms with E-state index in [0.717, 1.165) is 28.1 Å². The molecule has 0 fully saturated rings. The fraction of sp³-hybridized carbons (Fsp3) is 0.286. The molecule has 94 valence electrons. The molecule has 0 amide bonds. The molecule has 0 bridgehead atoms. The van der Waals surface area contributed by atoms with E-state index in [2.05, 4.69) is 16.0 Å². The standard InChI is InChI=1S/C14H17N3O/c1-9-7-13(18-3)10(2)6-11(9)14(15)12-4-5-16-8-17-12/h4-8,14H,15H2,1-3H3. The van der Waals surface area contributed by atoms with Crippen molar-refractivity contribution in [2.24, 2.45) is 5.73 Å². The zero-order valence-electron chi connectivity index (χ0n) is 10.8. The highest BCUT2D eigenvalue weighted by molar-refractivity contribution is 5.44. The lowest BCUT2D eigenvalue weighted by molar-refractivity contribution is 0.411. The number of aromatic nitrogens is 2. The first-order valence-corrected chi connectivity index (χ1v) is 5.80. The van der Waals surface area contributed by atoms with E-state index in [-0.39, 0.29) is 6.04 Å². The second kappa shape index (κ2) is 5.14. The van der Waals surface area contributed by atoms with Crippen LogP contribution < -0.4 is 10.5 Å². The Kier molecular flexibility index (Phi) is 3.58. The predicted octanol–water partition coefficient (Wildman–Crippen LogP) is 2.15. The molecule has 4 heteroatoms. The first-order valence-electron chi connectivity index (χ1n) is 5.80. The van der Waals surface area contributed by atoms with Crippen molar-refractivity contribution >= 4 is 0 Å². The van der Waals surface area contributed by atoms with Crippen LogP contribution in [-0.4, -0.2) is 17.1 Å². The molecule has 0 saturated heterocycles. The smallest absolute Gasteiger partial charge is 0.122 e. The van der Waals surface area contributed by atoms with Gasteiger partial charge >= 0.3 is 0 Å². The first kappa shape index (κ1) is 12.5. The molecule has 0 aliphatic carbocycles. The summed E-state index contributed by atoms with van der Waals surface area (Å²) >= 11 is 0. The van der Waals surface area contributed by atoms with Crippen molar-refractivity contribution in [2.75, 3.05) is 7.11 Å². The summed E-state index contributed by atoms with van der Waals surface area (Å²) < 4.78 is 5.30. The number of rotatable bonds is 3. The topological polar surface area (TPSA) is 61.0 Å². The van der Waals surface area contributed by atoms with Gasteiger partial charge in [-0.05, 0) is 42.7 Å². The Labute approximate surface area is 107 Å². The van der Waals surface area contributed by atoms with Crippen LogP contribution in [-0.2, 0) is 0 Å². The maximum Gasteiger partial charge on any atom is 0.122 e. The number of hydrogen-bond donors (Lipinski definition) is 1. The van der Waals surface area contributed by atoms with Crippen molar-refractivity contribution in [1.29, 1.82) is 0 Å². The van der Waals surface area contributed by atoms with Crippen LogP contribution in [0, 0.1) is 13.8 Å². The van der Waals surface area contributed by atoms with Gasteiger partial charge in [0.1, 0.15) is 12.1 Å². The molecule has 1 aromatic heterocycles. The fourth-order valence-electron chi connectivity index (χ4n) is 2.01. The van der Waals surface area contributed by atoms with Gasteiger partial charge in [0, 0.05) is 6.20 Å². The van der Waals surface area contributed by atoms with Crippen molar-refractivity contribution in [3.05, 3.63) is 53.1 Å². The third-order valence-corrected chi connectivity index (χ3v) is 3.04. The molecule has 0 radical (unpaired) electrons. The number of benzene rings is 1. The number of aryl methyl sites for hydroxylation is 2. The van der Waals surface area contributed by atoms with Crippen molar-refractivity contribution in [1.82, 2.24) is 9.97 Å². The Hall–Kier alpha value is -1.94. The molecule has 4 nitrogen and oxygen atoms in total. The van der Waals surface area contributed by atoms with Gasteiger partial charge in [0.25, 0.3) is 0 Å². The van der Waals surface area contributed by atoms with E-state index in [1.807, 2.05) is 26.0 Å². The van der Waals surface area contributed by atoms with Crippen LogP contribution in [0.4, 0.5) is 0 Å². The number of nitrogens with two attached hydrogens (primary N) is 1. The van der Waals surface area contributed by atoms with E-state index in [1.165, 1.54) is 6.33 Å². The SMILES string of the molecule is COc1cc(C)c(C(N)c2ccncn2)cc1C. The highest BCUT2D eigenvalue weighted by Crippen LogP contribution is 2.27.